The van der Waals surface area contributed by atoms with Crippen LogP contribution in [-0.2, 0) is 25.8 Å². The zero-order valence-corrected chi connectivity index (χ0v) is 17.8. The minimum atomic E-state index is -3.38. The van der Waals surface area contributed by atoms with Crippen molar-refractivity contribution in [3.8, 4) is 0 Å². The average molecular weight is 427 g/mol. The lowest BCUT2D eigenvalue weighted by Crippen LogP contribution is -2.50. The summed E-state index contributed by atoms with van der Waals surface area (Å²) in [4.78, 5) is 26.5. The molecule has 158 valence electrons. The van der Waals surface area contributed by atoms with E-state index in [-0.39, 0.29) is 30.3 Å². The normalized spacial score (nSPS) is 23.2. The van der Waals surface area contributed by atoms with Gasteiger partial charge in [-0.3, -0.25) is 9.59 Å². The number of anilines is 1. The number of hydrogen-bond donors (Lipinski definition) is 1. The molecule has 2 heterocycles. The Labute approximate surface area is 177 Å². The van der Waals surface area contributed by atoms with Gasteiger partial charge in [-0.15, -0.1) is 0 Å². The van der Waals surface area contributed by atoms with Crippen LogP contribution in [0.3, 0.4) is 0 Å². The Hall–Kier alpha value is -2.67. The van der Waals surface area contributed by atoms with E-state index in [9.17, 15) is 18.0 Å². The summed E-state index contributed by atoms with van der Waals surface area (Å²) in [6, 6.07) is 15.8. The second-order valence-corrected chi connectivity index (χ2v) is 10.4. The van der Waals surface area contributed by atoms with Crippen molar-refractivity contribution < 1.29 is 18.0 Å². The zero-order chi connectivity index (χ0) is 21.3. The Morgan fingerprint density at radius 1 is 0.967 bits per heavy atom. The molecule has 2 amide bonds. The van der Waals surface area contributed by atoms with Crippen LogP contribution in [0.15, 0.2) is 59.5 Å². The van der Waals surface area contributed by atoms with Crippen LogP contribution >= 0.6 is 0 Å². The number of benzene rings is 2. The van der Waals surface area contributed by atoms with E-state index in [1.807, 2.05) is 23.1 Å². The molecule has 0 radical (unpaired) electrons. The van der Waals surface area contributed by atoms with Gasteiger partial charge in [0.05, 0.1) is 16.6 Å². The molecule has 2 bridgehead atoms. The number of piperidine rings is 1. The fourth-order valence-corrected chi connectivity index (χ4v) is 6.64. The smallest absolute Gasteiger partial charge is 0.227 e. The van der Waals surface area contributed by atoms with Crippen molar-refractivity contribution in [1.29, 1.82) is 0 Å². The van der Waals surface area contributed by atoms with Crippen molar-refractivity contribution in [3.05, 3.63) is 60.2 Å². The zero-order valence-electron chi connectivity index (χ0n) is 17.0. The largest absolute Gasteiger partial charge is 0.336 e. The third-order valence-electron chi connectivity index (χ3n) is 6.12. The minimum Gasteiger partial charge on any atom is -0.336 e. The van der Waals surface area contributed by atoms with Gasteiger partial charge in [0.25, 0.3) is 0 Å². The summed E-state index contributed by atoms with van der Waals surface area (Å²) < 4.78 is 26.1. The Balaban J connectivity index is 1.44. The van der Waals surface area contributed by atoms with Crippen LogP contribution < -0.4 is 5.32 Å². The predicted molar refractivity (Wildman–Crippen MR) is 115 cm³/mol. The molecular formula is C23H26N2O4S. The quantitative estimate of drug-likeness (QED) is 0.796. The first-order valence-electron chi connectivity index (χ1n) is 10.3. The summed E-state index contributed by atoms with van der Waals surface area (Å²) in [6.45, 7) is 1.45. The lowest BCUT2D eigenvalue weighted by Gasteiger charge is -2.38. The minimum absolute atomic E-state index is 0.0154. The average Bonchev–Trinajstić information content (AvgIpc) is 2.99. The number of carbonyl (C=O) groups excluding carboxylic acids is 2. The molecule has 4 rings (SSSR count). The van der Waals surface area contributed by atoms with E-state index in [0.717, 1.165) is 18.4 Å². The highest BCUT2D eigenvalue weighted by Gasteiger charge is 2.46. The van der Waals surface area contributed by atoms with E-state index < -0.39 is 15.1 Å². The summed E-state index contributed by atoms with van der Waals surface area (Å²) >= 11 is 0. The molecular weight excluding hydrogens is 400 g/mol. The maximum absolute atomic E-state index is 13.0. The maximum atomic E-state index is 13.0. The SMILES string of the molecule is CC(=O)Nc1ccc(CC(=O)N2C3CCC2CC(S(=O)(=O)c2ccccc2)C3)cc1. The fourth-order valence-electron chi connectivity index (χ4n) is 4.77. The topological polar surface area (TPSA) is 83.6 Å². The van der Waals surface area contributed by atoms with Crippen molar-refractivity contribution in [2.45, 2.75) is 61.3 Å². The molecule has 7 heteroatoms. The standard InChI is InChI=1S/C23H26N2O4S/c1-16(26)24-18-9-7-17(8-10-18)13-23(27)25-19-11-12-20(25)15-22(14-19)30(28,29)21-5-3-2-4-6-21/h2-10,19-20,22H,11-15H2,1H3,(H,24,26). The number of amides is 2. The molecule has 6 nitrogen and oxygen atoms in total. The third kappa shape index (κ3) is 4.12. The Bertz CT molecular complexity index is 1020. The van der Waals surface area contributed by atoms with Gasteiger partial charge in [0, 0.05) is 24.7 Å². The monoisotopic (exact) mass is 426 g/mol. The molecule has 2 aliphatic rings. The summed E-state index contributed by atoms with van der Waals surface area (Å²) in [6.07, 6.45) is 3.00. The van der Waals surface area contributed by atoms with Gasteiger partial charge in [-0.25, -0.2) is 8.42 Å². The third-order valence-corrected chi connectivity index (χ3v) is 8.31. The van der Waals surface area contributed by atoms with Gasteiger partial charge in [-0.05, 0) is 55.5 Å². The van der Waals surface area contributed by atoms with Crippen LogP contribution in [0.4, 0.5) is 5.69 Å². The molecule has 2 atom stereocenters. The van der Waals surface area contributed by atoms with Gasteiger partial charge in [-0.1, -0.05) is 30.3 Å². The van der Waals surface area contributed by atoms with Crippen LogP contribution in [0.5, 0.6) is 0 Å². The molecule has 2 unspecified atom stereocenters. The van der Waals surface area contributed by atoms with Gasteiger partial charge in [0.1, 0.15) is 0 Å². The van der Waals surface area contributed by atoms with Crippen molar-refractivity contribution in [2.24, 2.45) is 0 Å². The van der Waals surface area contributed by atoms with Crippen LogP contribution in [0.1, 0.15) is 38.2 Å². The number of nitrogens with one attached hydrogen (secondary N) is 1. The first-order valence-corrected chi connectivity index (χ1v) is 11.9. The van der Waals surface area contributed by atoms with Crippen LogP contribution in [0, 0.1) is 0 Å². The lowest BCUT2D eigenvalue weighted by atomic mass is 10.0. The fraction of sp³-hybridized carbons (Fsp3) is 0.391. The van der Waals surface area contributed by atoms with Crippen LogP contribution in [0.25, 0.3) is 0 Å². The molecule has 2 aliphatic heterocycles. The molecule has 2 aromatic rings. The Morgan fingerprint density at radius 3 is 2.13 bits per heavy atom. The van der Waals surface area contributed by atoms with Gasteiger partial charge < -0.3 is 10.2 Å². The molecule has 2 fully saturated rings. The second kappa shape index (κ2) is 8.22. The summed E-state index contributed by atoms with van der Waals surface area (Å²) in [5.74, 6) is -0.0888. The van der Waals surface area contributed by atoms with Gasteiger partial charge in [0.15, 0.2) is 9.84 Å². The molecule has 0 aliphatic carbocycles. The number of carbonyl (C=O) groups is 2. The molecule has 0 aromatic heterocycles. The van der Waals surface area contributed by atoms with Gasteiger partial charge >= 0.3 is 0 Å². The summed E-state index contributed by atoms with van der Waals surface area (Å²) in [5.41, 5.74) is 1.58. The highest BCUT2D eigenvalue weighted by atomic mass is 32.2. The number of hydrogen-bond acceptors (Lipinski definition) is 4. The van der Waals surface area contributed by atoms with E-state index in [0.29, 0.717) is 23.4 Å². The van der Waals surface area contributed by atoms with E-state index in [1.165, 1.54) is 6.92 Å². The van der Waals surface area contributed by atoms with Crippen molar-refractivity contribution in [1.82, 2.24) is 4.90 Å². The second-order valence-electron chi connectivity index (χ2n) is 8.19. The van der Waals surface area contributed by atoms with Crippen LogP contribution in [-0.4, -0.2) is 42.5 Å². The van der Waals surface area contributed by atoms with Gasteiger partial charge in [-0.2, -0.15) is 0 Å². The Morgan fingerprint density at radius 2 is 1.57 bits per heavy atom. The number of sulfone groups is 1. The van der Waals surface area contributed by atoms with E-state index >= 15 is 0 Å². The molecule has 2 aromatic carbocycles. The summed E-state index contributed by atoms with van der Waals surface area (Å²) in [7, 11) is -3.38. The first kappa shape index (κ1) is 20.6. The number of rotatable bonds is 5. The van der Waals surface area contributed by atoms with E-state index in [4.69, 9.17) is 0 Å². The first-order chi connectivity index (χ1) is 14.3. The lowest BCUT2D eigenvalue weighted by molar-refractivity contribution is -0.134. The van der Waals surface area contributed by atoms with E-state index in [1.54, 1.807) is 36.4 Å². The predicted octanol–water partition coefficient (Wildman–Crippen LogP) is 3.18. The van der Waals surface area contributed by atoms with Crippen LogP contribution in [0.2, 0.25) is 0 Å². The molecule has 0 spiro atoms. The highest BCUT2D eigenvalue weighted by Crippen LogP contribution is 2.40. The van der Waals surface area contributed by atoms with Crippen molar-refractivity contribution >= 4 is 27.3 Å². The number of nitrogens with zero attached hydrogens (tertiary/aromatic N) is 1. The number of fused-ring (bicyclic) bond motifs is 2. The van der Waals surface area contributed by atoms with Gasteiger partial charge in [0.2, 0.25) is 11.8 Å². The van der Waals surface area contributed by atoms with Crippen molar-refractivity contribution in [3.63, 3.8) is 0 Å². The van der Waals surface area contributed by atoms with E-state index in [2.05, 4.69) is 5.32 Å². The molecule has 0 saturated carbocycles. The Kier molecular flexibility index (Phi) is 5.64. The molecule has 2 saturated heterocycles. The molecule has 30 heavy (non-hydrogen) atoms. The summed E-state index contributed by atoms with van der Waals surface area (Å²) in [5, 5.41) is 2.28. The maximum Gasteiger partial charge on any atom is 0.227 e. The highest BCUT2D eigenvalue weighted by molar-refractivity contribution is 7.92. The molecule has 1 N–H and O–H groups in total. The van der Waals surface area contributed by atoms with Crippen molar-refractivity contribution in [2.75, 3.05) is 5.32 Å².